The largest absolute Gasteiger partial charge is 0.292 e. The number of halogens is 1. The van der Waals surface area contributed by atoms with Gasteiger partial charge in [-0.3, -0.25) is 4.57 Å². The van der Waals surface area contributed by atoms with E-state index >= 15 is 0 Å². The van der Waals surface area contributed by atoms with Crippen LogP contribution in [0.5, 0.6) is 0 Å². The van der Waals surface area contributed by atoms with E-state index in [1.807, 2.05) is 54.6 Å². The first-order valence-corrected chi connectivity index (χ1v) is 7.49. The molecule has 0 aliphatic rings. The third-order valence-corrected chi connectivity index (χ3v) is 3.90. The standard InChI is InChI=1S/C19H13ClN2/c20-15-11-12-17-18(13-15)22(16-9-5-2-6-10-16)19(21-17)14-7-3-1-4-8-14/h1-13H. The first-order valence-electron chi connectivity index (χ1n) is 7.12. The van der Waals surface area contributed by atoms with Crippen molar-refractivity contribution in [1.29, 1.82) is 0 Å². The second-order valence-corrected chi connectivity index (χ2v) is 5.54. The Balaban J connectivity index is 2.08. The number of nitrogens with zero attached hydrogens (tertiary/aromatic N) is 2. The molecule has 0 spiro atoms. The van der Waals surface area contributed by atoms with Gasteiger partial charge in [0, 0.05) is 16.3 Å². The Hall–Kier alpha value is -2.58. The van der Waals surface area contributed by atoms with E-state index in [4.69, 9.17) is 16.6 Å². The normalized spacial score (nSPS) is 11.0. The minimum atomic E-state index is 0.712. The highest BCUT2D eigenvalue weighted by molar-refractivity contribution is 6.31. The van der Waals surface area contributed by atoms with Crippen molar-refractivity contribution in [3.8, 4) is 17.1 Å². The van der Waals surface area contributed by atoms with Crippen molar-refractivity contribution >= 4 is 22.6 Å². The van der Waals surface area contributed by atoms with Gasteiger partial charge in [0.25, 0.3) is 0 Å². The molecule has 0 radical (unpaired) electrons. The lowest BCUT2D eigenvalue weighted by molar-refractivity contribution is 1.10. The molecular weight excluding hydrogens is 292 g/mol. The van der Waals surface area contributed by atoms with Crippen LogP contribution in [0.15, 0.2) is 78.9 Å². The van der Waals surface area contributed by atoms with E-state index in [0.717, 1.165) is 28.1 Å². The number of fused-ring (bicyclic) bond motifs is 1. The number of para-hydroxylation sites is 1. The van der Waals surface area contributed by atoms with Gasteiger partial charge in [0.15, 0.2) is 0 Å². The fourth-order valence-corrected chi connectivity index (χ4v) is 2.83. The van der Waals surface area contributed by atoms with Crippen LogP contribution in [0.3, 0.4) is 0 Å². The first kappa shape index (κ1) is 13.1. The SMILES string of the molecule is Clc1ccc2nc(-c3ccccc3)n(-c3ccccc3)c2c1. The van der Waals surface area contributed by atoms with Gasteiger partial charge in [0.2, 0.25) is 0 Å². The Morgan fingerprint density at radius 3 is 2.18 bits per heavy atom. The van der Waals surface area contributed by atoms with Crippen LogP contribution in [-0.2, 0) is 0 Å². The van der Waals surface area contributed by atoms with Crippen LogP contribution in [0.1, 0.15) is 0 Å². The lowest BCUT2D eigenvalue weighted by atomic mass is 10.2. The molecule has 0 saturated carbocycles. The summed E-state index contributed by atoms with van der Waals surface area (Å²) in [5.41, 5.74) is 4.11. The van der Waals surface area contributed by atoms with Gasteiger partial charge in [-0.1, -0.05) is 60.1 Å². The summed E-state index contributed by atoms with van der Waals surface area (Å²) in [6.07, 6.45) is 0. The lowest BCUT2D eigenvalue weighted by Gasteiger charge is -2.09. The van der Waals surface area contributed by atoms with Gasteiger partial charge >= 0.3 is 0 Å². The van der Waals surface area contributed by atoms with Crippen LogP contribution in [0.4, 0.5) is 0 Å². The quantitative estimate of drug-likeness (QED) is 0.488. The smallest absolute Gasteiger partial charge is 0.145 e. The maximum absolute atomic E-state index is 6.19. The second-order valence-electron chi connectivity index (χ2n) is 5.11. The molecule has 106 valence electrons. The summed E-state index contributed by atoms with van der Waals surface area (Å²) in [6.45, 7) is 0. The van der Waals surface area contributed by atoms with Crippen molar-refractivity contribution in [2.75, 3.05) is 0 Å². The van der Waals surface area contributed by atoms with Gasteiger partial charge in [-0.05, 0) is 30.3 Å². The molecule has 0 saturated heterocycles. The van der Waals surface area contributed by atoms with Gasteiger partial charge in [-0.25, -0.2) is 4.98 Å². The molecule has 0 bridgehead atoms. The van der Waals surface area contributed by atoms with Crippen molar-refractivity contribution in [3.63, 3.8) is 0 Å². The summed E-state index contributed by atoms with van der Waals surface area (Å²) in [5.74, 6) is 0.920. The Bertz CT molecular complexity index is 928. The van der Waals surface area contributed by atoms with Crippen LogP contribution in [0, 0.1) is 0 Å². The molecule has 0 unspecified atom stereocenters. The van der Waals surface area contributed by atoms with Crippen molar-refractivity contribution < 1.29 is 0 Å². The van der Waals surface area contributed by atoms with Gasteiger partial charge in [0.05, 0.1) is 11.0 Å². The van der Waals surface area contributed by atoms with Crippen LogP contribution < -0.4 is 0 Å². The Morgan fingerprint density at radius 2 is 1.45 bits per heavy atom. The fraction of sp³-hybridized carbons (Fsp3) is 0. The number of hydrogen-bond acceptors (Lipinski definition) is 1. The molecule has 1 aromatic heterocycles. The van der Waals surface area contributed by atoms with Gasteiger partial charge in [-0.15, -0.1) is 0 Å². The van der Waals surface area contributed by atoms with E-state index < -0.39 is 0 Å². The molecular formula is C19H13ClN2. The molecule has 4 aromatic rings. The third kappa shape index (κ3) is 2.18. The molecule has 1 heterocycles. The number of hydrogen-bond donors (Lipinski definition) is 0. The Morgan fingerprint density at radius 1 is 0.773 bits per heavy atom. The molecule has 3 aromatic carbocycles. The Labute approximate surface area is 133 Å². The monoisotopic (exact) mass is 304 g/mol. The van der Waals surface area contributed by atoms with Crippen molar-refractivity contribution in [1.82, 2.24) is 9.55 Å². The van der Waals surface area contributed by atoms with Gasteiger partial charge in [-0.2, -0.15) is 0 Å². The molecule has 0 aliphatic heterocycles. The molecule has 0 atom stereocenters. The molecule has 0 amide bonds. The van der Waals surface area contributed by atoms with Crippen molar-refractivity contribution in [2.24, 2.45) is 0 Å². The summed E-state index contributed by atoms with van der Waals surface area (Å²) in [4.78, 5) is 4.80. The van der Waals surface area contributed by atoms with Crippen LogP contribution >= 0.6 is 11.6 Å². The van der Waals surface area contributed by atoms with E-state index in [9.17, 15) is 0 Å². The lowest BCUT2D eigenvalue weighted by Crippen LogP contribution is -1.97. The second kappa shape index (κ2) is 5.32. The number of rotatable bonds is 2. The summed E-state index contributed by atoms with van der Waals surface area (Å²) < 4.78 is 2.15. The molecule has 4 rings (SSSR count). The topological polar surface area (TPSA) is 17.8 Å². The van der Waals surface area contributed by atoms with Crippen LogP contribution in [0.25, 0.3) is 28.1 Å². The van der Waals surface area contributed by atoms with E-state index in [0.29, 0.717) is 5.02 Å². The van der Waals surface area contributed by atoms with Crippen LogP contribution in [-0.4, -0.2) is 9.55 Å². The molecule has 2 nitrogen and oxygen atoms in total. The van der Waals surface area contributed by atoms with Gasteiger partial charge in [0.1, 0.15) is 5.82 Å². The highest BCUT2D eigenvalue weighted by atomic mass is 35.5. The molecule has 0 fully saturated rings. The van der Waals surface area contributed by atoms with E-state index in [-0.39, 0.29) is 0 Å². The third-order valence-electron chi connectivity index (χ3n) is 3.66. The average molecular weight is 305 g/mol. The van der Waals surface area contributed by atoms with E-state index in [2.05, 4.69) is 28.8 Å². The zero-order chi connectivity index (χ0) is 14.9. The van der Waals surface area contributed by atoms with Gasteiger partial charge < -0.3 is 0 Å². The highest BCUT2D eigenvalue weighted by Gasteiger charge is 2.14. The minimum absolute atomic E-state index is 0.712. The summed E-state index contributed by atoms with van der Waals surface area (Å²) in [5, 5.41) is 0.712. The summed E-state index contributed by atoms with van der Waals surface area (Å²) in [6, 6.07) is 26.2. The summed E-state index contributed by atoms with van der Waals surface area (Å²) in [7, 11) is 0. The van der Waals surface area contributed by atoms with E-state index in [1.165, 1.54) is 0 Å². The minimum Gasteiger partial charge on any atom is -0.292 e. The van der Waals surface area contributed by atoms with E-state index in [1.54, 1.807) is 0 Å². The first-order chi connectivity index (χ1) is 10.8. The predicted molar refractivity (Wildman–Crippen MR) is 91.5 cm³/mol. The number of aromatic nitrogens is 2. The number of imidazole rings is 1. The Kier molecular flexibility index (Phi) is 3.17. The summed E-state index contributed by atoms with van der Waals surface area (Å²) >= 11 is 6.19. The number of benzene rings is 3. The average Bonchev–Trinajstić information content (AvgIpc) is 2.95. The maximum Gasteiger partial charge on any atom is 0.145 e. The fourth-order valence-electron chi connectivity index (χ4n) is 2.67. The molecule has 22 heavy (non-hydrogen) atoms. The zero-order valence-corrected chi connectivity index (χ0v) is 12.5. The van der Waals surface area contributed by atoms with Crippen LogP contribution in [0.2, 0.25) is 5.02 Å². The van der Waals surface area contributed by atoms with Crippen molar-refractivity contribution in [3.05, 3.63) is 83.9 Å². The molecule has 3 heteroatoms. The maximum atomic E-state index is 6.19. The van der Waals surface area contributed by atoms with Crippen molar-refractivity contribution in [2.45, 2.75) is 0 Å². The molecule has 0 N–H and O–H groups in total. The molecule has 0 aliphatic carbocycles. The highest BCUT2D eigenvalue weighted by Crippen LogP contribution is 2.29. The predicted octanol–water partition coefficient (Wildman–Crippen LogP) is 5.35. The zero-order valence-electron chi connectivity index (χ0n) is 11.8.